The van der Waals surface area contributed by atoms with Crippen molar-refractivity contribution in [3.8, 4) is 0 Å². The molecule has 0 bridgehead atoms. The topological polar surface area (TPSA) is 61.9 Å². The number of carbonyl (C=O) groups is 2. The quantitative estimate of drug-likeness (QED) is 0.815. The number of carbonyl (C=O) groups excluding carboxylic acids is 2. The maximum Gasteiger partial charge on any atom is 0.312 e. The SMILES string of the molecule is O=C1N[C@H]2C(COC[C@@H]2N2CCCC2)N(Cc2ccccc2)C1=O. The number of amides is 2. The summed E-state index contributed by atoms with van der Waals surface area (Å²) in [7, 11) is 0. The molecule has 0 spiro atoms. The molecule has 3 atom stereocenters. The van der Waals surface area contributed by atoms with E-state index in [1.165, 1.54) is 12.8 Å². The first kappa shape index (κ1) is 15.6. The van der Waals surface area contributed by atoms with Crippen molar-refractivity contribution in [1.82, 2.24) is 15.1 Å². The van der Waals surface area contributed by atoms with Gasteiger partial charge in [-0.2, -0.15) is 0 Å². The third-order valence-corrected chi connectivity index (χ3v) is 5.36. The minimum absolute atomic E-state index is 0.0502. The summed E-state index contributed by atoms with van der Waals surface area (Å²) < 4.78 is 5.83. The Morgan fingerprint density at radius 3 is 2.50 bits per heavy atom. The molecule has 6 nitrogen and oxygen atoms in total. The van der Waals surface area contributed by atoms with Crippen molar-refractivity contribution < 1.29 is 14.3 Å². The molecule has 6 heteroatoms. The van der Waals surface area contributed by atoms with Crippen molar-refractivity contribution in [3.05, 3.63) is 35.9 Å². The Hall–Kier alpha value is -1.92. The minimum Gasteiger partial charge on any atom is -0.378 e. The van der Waals surface area contributed by atoms with Crippen molar-refractivity contribution >= 4 is 11.8 Å². The number of likely N-dealkylation sites (tertiary alicyclic amines) is 1. The average molecular weight is 329 g/mol. The molecule has 3 saturated heterocycles. The van der Waals surface area contributed by atoms with Gasteiger partial charge in [-0.3, -0.25) is 14.5 Å². The smallest absolute Gasteiger partial charge is 0.312 e. The third kappa shape index (κ3) is 2.80. The molecule has 3 heterocycles. The fraction of sp³-hybridized carbons (Fsp3) is 0.556. The number of nitrogens with zero attached hydrogens (tertiary/aromatic N) is 2. The zero-order valence-electron chi connectivity index (χ0n) is 13.7. The van der Waals surface area contributed by atoms with Gasteiger partial charge < -0.3 is 15.0 Å². The maximum absolute atomic E-state index is 12.5. The predicted octanol–water partition coefficient (Wildman–Crippen LogP) is 0.377. The molecule has 1 unspecified atom stereocenters. The van der Waals surface area contributed by atoms with E-state index in [1.54, 1.807) is 4.90 Å². The standard InChI is InChI=1S/C18H23N3O3/c22-17-18(23)21(10-13-6-2-1-3-7-13)15-12-24-11-14(16(15)19-17)20-8-4-5-9-20/h1-3,6-7,14-16H,4-5,8-12H2,(H,19,22)/t14-,15?,16+/m0/s1. The molecule has 24 heavy (non-hydrogen) atoms. The molecule has 0 saturated carbocycles. The molecule has 1 aromatic carbocycles. The molecule has 3 aliphatic heterocycles. The average Bonchev–Trinajstić information content (AvgIpc) is 3.14. The number of hydrogen-bond acceptors (Lipinski definition) is 4. The van der Waals surface area contributed by atoms with Gasteiger partial charge in [0.2, 0.25) is 0 Å². The van der Waals surface area contributed by atoms with E-state index in [0.29, 0.717) is 19.8 Å². The highest BCUT2D eigenvalue weighted by molar-refractivity contribution is 6.35. The van der Waals surface area contributed by atoms with E-state index in [2.05, 4.69) is 10.2 Å². The van der Waals surface area contributed by atoms with E-state index in [0.717, 1.165) is 18.7 Å². The molecule has 0 aliphatic carbocycles. The van der Waals surface area contributed by atoms with Gasteiger partial charge in [-0.1, -0.05) is 30.3 Å². The second-order valence-corrected chi connectivity index (χ2v) is 6.83. The Balaban J connectivity index is 1.58. The van der Waals surface area contributed by atoms with Gasteiger partial charge in [0.1, 0.15) is 0 Å². The summed E-state index contributed by atoms with van der Waals surface area (Å²) in [4.78, 5) is 28.8. The second-order valence-electron chi connectivity index (χ2n) is 6.83. The Labute approximate surface area is 141 Å². The van der Waals surface area contributed by atoms with Crippen LogP contribution in [0.15, 0.2) is 30.3 Å². The Kier molecular flexibility index (Phi) is 4.24. The number of rotatable bonds is 3. The number of nitrogens with one attached hydrogen (secondary N) is 1. The maximum atomic E-state index is 12.5. The van der Waals surface area contributed by atoms with Gasteiger partial charge in [0.25, 0.3) is 0 Å². The molecular weight excluding hydrogens is 306 g/mol. The largest absolute Gasteiger partial charge is 0.378 e. The van der Waals surface area contributed by atoms with Gasteiger partial charge in [-0.05, 0) is 31.5 Å². The molecule has 128 valence electrons. The lowest BCUT2D eigenvalue weighted by atomic mass is 9.92. The van der Waals surface area contributed by atoms with Crippen molar-refractivity contribution in [3.63, 3.8) is 0 Å². The zero-order valence-corrected chi connectivity index (χ0v) is 13.7. The zero-order chi connectivity index (χ0) is 16.5. The van der Waals surface area contributed by atoms with E-state index < -0.39 is 11.8 Å². The summed E-state index contributed by atoms with van der Waals surface area (Å²) in [6.07, 6.45) is 2.38. The lowest BCUT2D eigenvalue weighted by Crippen LogP contribution is -2.72. The van der Waals surface area contributed by atoms with Crippen LogP contribution in [-0.4, -0.2) is 66.0 Å². The van der Waals surface area contributed by atoms with Crippen LogP contribution in [-0.2, 0) is 20.9 Å². The first-order chi connectivity index (χ1) is 11.7. The lowest BCUT2D eigenvalue weighted by molar-refractivity contribution is -0.160. The molecule has 4 rings (SSSR count). The van der Waals surface area contributed by atoms with Gasteiger partial charge in [0, 0.05) is 6.54 Å². The molecule has 1 N–H and O–H groups in total. The van der Waals surface area contributed by atoms with Crippen molar-refractivity contribution in [2.75, 3.05) is 26.3 Å². The molecule has 0 aromatic heterocycles. The van der Waals surface area contributed by atoms with Gasteiger partial charge in [-0.25, -0.2) is 0 Å². The summed E-state index contributed by atoms with van der Waals surface area (Å²) in [6, 6.07) is 9.82. The van der Waals surface area contributed by atoms with Gasteiger partial charge in [0.05, 0.1) is 31.3 Å². The van der Waals surface area contributed by atoms with Crippen LogP contribution in [0.4, 0.5) is 0 Å². The van der Waals surface area contributed by atoms with Crippen molar-refractivity contribution in [2.45, 2.75) is 37.5 Å². The highest BCUT2D eigenvalue weighted by Gasteiger charge is 2.48. The van der Waals surface area contributed by atoms with E-state index in [1.807, 2.05) is 30.3 Å². The van der Waals surface area contributed by atoms with Crippen LogP contribution in [0.2, 0.25) is 0 Å². The molecule has 2 amide bonds. The highest BCUT2D eigenvalue weighted by Crippen LogP contribution is 2.26. The fourth-order valence-electron chi connectivity index (χ4n) is 4.12. The Morgan fingerprint density at radius 2 is 1.75 bits per heavy atom. The lowest BCUT2D eigenvalue weighted by Gasteiger charge is -2.49. The van der Waals surface area contributed by atoms with Crippen molar-refractivity contribution in [2.24, 2.45) is 0 Å². The summed E-state index contributed by atoms with van der Waals surface area (Å²) in [5.41, 5.74) is 1.03. The Morgan fingerprint density at radius 1 is 1.04 bits per heavy atom. The molecule has 0 radical (unpaired) electrons. The van der Waals surface area contributed by atoms with Crippen LogP contribution in [0.3, 0.4) is 0 Å². The van der Waals surface area contributed by atoms with Gasteiger partial charge in [-0.15, -0.1) is 0 Å². The van der Waals surface area contributed by atoms with Crippen LogP contribution >= 0.6 is 0 Å². The van der Waals surface area contributed by atoms with E-state index in [4.69, 9.17) is 4.74 Å². The highest BCUT2D eigenvalue weighted by atomic mass is 16.5. The predicted molar refractivity (Wildman–Crippen MR) is 88.1 cm³/mol. The first-order valence-electron chi connectivity index (χ1n) is 8.71. The number of ether oxygens (including phenoxy) is 1. The van der Waals surface area contributed by atoms with E-state index in [9.17, 15) is 9.59 Å². The van der Waals surface area contributed by atoms with E-state index in [-0.39, 0.29) is 18.1 Å². The minimum atomic E-state index is -0.488. The van der Waals surface area contributed by atoms with Crippen LogP contribution in [0.1, 0.15) is 18.4 Å². The normalized spacial score (nSPS) is 31.0. The van der Waals surface area contributed by atoms with Crippen molar-refractivity contribution in [1.29, 1.82) is 0 Å². The van der Waals surface area contributed by atoms with Crippen LogP contribution in [0.25, 0.3) is 0 Å². The molecular formula is C18H23N3O3. The van der Waals surface area contributed by atoms with Crippen LogP contribution in [0, 0.1) is 0 Å². The van der Waals surface area contributed by atoms with Crippen LogP contribution in [0.5, 0.6) is 0 Å². The molecule has 1 aromatic rings. The van der Waals surface area contributed by atoms with Crippen LogP contribution < -0.4 is 5.32 Å². The third-order valence-electron chi connectivity index (χ3n) is 5.36. The van der Waals surface area contributed by atoms with E-state index >= 15 is 0 Å². The summed E-state index contributed by atoms with van der Waals surface area (Å²) in [5.74, 6) is -0.941. The number of piperazine rings is 1. The number of benzene rings is 1. The number of hydrogen-bond donors (Lipinski definition) is 1. The van der Waals surface area contributed by atoms with Gasteiger partial charge in [0.15, 0.2) is 0 Å². The first-order valence-corrected chi connectivity index (χ1v) is 8.71. The molecule has 3 fully saturated rings. The summed E-state index contributed by atoms with van der Waals surface area (Å²) in [6.45, 7) is 3.63. The van der Waals surface area contributed by atoms with Gasteiger partial charge >= 0.3 is 11.8 Å². The summed E-state index contributed by atoms with van der Waals surface area (Å²) in [5, 5.41) is 2.96. The fourth-order valence-corrected chi connectivity index (χ4v) is 4.12. The Bertz CT molecular complexity index is 615. The summed E-state index contributed by atoms with van der Waals surface area (Å²) >= 11 is 0. The monoisotopic (exact) mass is 329 g/mol. The number of fused-ring (bicyclic) bond motifs is 1. The second kappa shape index (κ2) is 6.53. The molecule has 3 aliphatic rings.